The van der Waals surface area contributed by atoms with Crippen LogP contribution in [0.4, 0.5) is 0 Å². The predicted molar refractivity (Wildman–Crippen MR) is 73.2 cm³/mol. The van der Waals surface area contributed by atoms with Gasteiger partial charge in [-0.3, -0.25) is 9.69 Å². The number of fused-ring (bicyclic) bond motifs is 1. The first kappa shape index (κ1) is 12.5. The van der Waals surface area contributed by atoms with E-state index in [4.69, 9.17) is 0 Å². The van der Waals surface area contributed by atoms with Crippen molar-refractivity contribution in [3.8, 4) is 0 Å². The Kier molecular flexibility index (Phi) is 3.70. The fraction of sp³-hybridized carbons (Fsp3) is 0.462. The lowest BCUT2D eigenvalue weighted by Crippen LogP contribution is -2.34. The quantitative estimate of drug-likeness (QED) is 0.782. The van der Waals surface area contributed by atoms with Crippen LogP contribution in [-0.4, -0.2) is 38.5 Å². The fourth-order valence-electron chi connectivity index (χ4n) is 2.33. The third-order valence-corrected chi connectivity index (χ3v) is 4.30. The summed E-state index contributed by atoms with van der Waals surface area (Å²) in [6, 6.07) is 3.83. The third-order valence-electron chi connectivity index (χ3n) is 3.39. The molecule has 0 amide bonds. The minimum absolute atomic E-state index is 0.259. The Bertz CT molecular complexity index is 549. The lowest BCUT2D eigenvalue weighted by molar-refractivity contribution is 0.0976. The van der Waals surface area contributed by atoms with Crippen molar-refractivity contribution in [3.63, 3.8) is 0 Å². The van der Waals surface area contributed by atoms with Crippen LogP contribution in [0.3, 0.4) is 0 Å². The molecule has 0 spiro atoms. The van der Waals surface area contributed by atoms with Gasteiger partial charge >= 0.3 is 0 Å². The zero-order valence-electron chi connectivity index (χ0n) is 10.7. The number of rotatable bonds is 5. The van der Waals surface area contributed by atoms with Gasteiger partial charge in [-0.2, -0.15) is 0 Å². The van der Waals surface area contributed by atoms with Crippen molar-refractivity contribution in [2.24, 2.45) is 0 Å². The van der Waals surface area contributed by atoms with Crippen molar-refractivity contribution in [2.45, 2.75) is 25.9 Å². The lowest BCUT2D eigenvalue weighted by Gasteiger charge is -2.26. The molecular formula is C13H16N4OS. The van der Waals surface area contributed by atoms with Gasteiger partial charge in [-0.1, -0.05) is 6.07 Å². The van der Waals surface area contributed by atoms with Crippen LogP contribution < -0.4 is 0 Å². The molecule has 6 heteroatoms. The molecule has 2 aromatic heterocycles. The van der Waals surface area contributed by atoms with Gasteiger partial charge in [0.05, 0.1) is 11.4 Å². The summed E-state index contributed by atoms with van der Waals surface area (Å²) in [6.07, 6.45) is 3.32. The number of ketones is 1. The maximum Gasteiger partial charge on any atom is 0.172 e. The molecule has 0 aliphatic carbocycles. The van der Waals surface area contributed by atoms with Crippen LogP contribution in [0.15, 0.2) is 23.8 Å². The second kappa shape index (κ2) is 5.63. The SMILES string of the molecule is O=C(CCCN1CCn2cnnc2C1)c1cccs1. The second-order valence-electron chi connectivity index (χ2n) is 4.72. The van der Waals surface area contributed by atoms with Gasteiger partial charge in [0.15, 0.2) is 5.78 Å². The van der Waals surface area contributed by atoms with Crippen molar-refractivity contribution in [1.29, 1.82) is 0 Å². The van der Waals surface area contributed by atoms with Gasteiger partial charge in [0.1, 0.15) is 12.2 Å². The summed E-state index contributed by atoms with van der Waals surface area (Å²) in [7, 11) is 0. The van der Waals surface area contributed by atoms with Gasteiger partial charge in [0, 0.05) is 19.5 Å². The Morgan fingerprint density at radius 2 is 2.37 bits per heavy atom. The van der Waals surface area contributed by atoms with E-state index in [1.54, 1.807) is 6.33 Å². The largest absolute Gasteiger partial charge is 0.315 e. The standard InChI is InChI=1S/C13H16N4OS/c18-11(12-4-2-8-19-12)3-1-5-16-6-7-17-10-14-15-13(17)9-16/h2,4,8,10H,1,3,5-7,9H2. The highest BCUT2D eigenvalue weighted by Gasteiger charge is 2.17. The normalized spacial score (nSPS) is 15.4. The molecule has 2 aromatic rings. The van der Waals surface area contributed by atoms with Crippen molar-refractivity contribution >= 4 is 17.1 Å². The van der Waals surface area contributed by atoms with E-state index in [9.17, 15) is 4.79 Å². The maximum atomic E-state index is 11.9. The fourth-order valence-corrected chi connectivity index (χ4v) is 3.03. The highest BCUT2D eigenvalue weighted by Crippen LogP contribution is 2.14. The molecule has 19 heavy (non-hydrogen) atoms. The van der Waals surface area contributed by atoms with Crippen molar-refractivity contribution in [1.82, 2.24) is 19.7 Å². The molecule has 0 fully saturated rings. The topological polar surface area (TPSA) is 51.0 Å². The number of carbonyl (C=O) groups is 1. The molecule has 100 valence electrons. The smallest absolute Gasteiger partial charge is 0.172 e. The number of nitrogens with zero attached hydrogens (tertiary/aromatic N) is 4. The van der Waals surface area contributed by atoms with E-state index >= 15 is 0 Å². The molecule has 0 N–H and O–H groups in total. The van der Waals surface area contributed by atoms with E-state index in [1.165, 1.54) is 11.3 Å². The summed E-state index contributed by atoms with van der Waals surface area (Å²) >= 11 is 1.52. The van der Waals surface area contributed by atoms with E-state index in [0.717, 1.165) is 43.3 Å². The molecule has 0 radical (unpaired) electrons. The van der Waals surface area contributed by atoms with Gasteiger partial charge in [-0.05, 0) is 24.4 Å². The van der Waals surface area contributed by atoms with Crippen LogP contribution in [0, 0.1) is 0 Å². The highest BCUT2D eigenvalue weighted by atomic mass is 32.1. The number of aromatic nitrogens is 3. The molecule has 0 aromatic carbocycles. The minimum atomic E-state index is 0.259. The predicted octanol–water partition coefficient (Wildman–Crippen LogP) is 1.82. The van der Waals surface area contributed by atoms with Gasteiger partial charge in [-0.15, -0.1) is 21.5 Å². The summed E-state index contributed by atoms with van der Waals surface area (Å²) in [6.45, 7) is 3.75. The van der Waals surface area contributed by atoms with Crippen molar-refractivity contribution < 1.29 is 4.79 Å². The Balaban J connectivity index is 1.45. The van der Waals surface area contributed by atoms with Crippen LogP contribution in [0.5, 0.6) is 0 Å². The monoisotopic (exact) mass is 276 g/mol. The van der Waals surface area contributed by atoms with Crippen LogP contribution in [0.2, 0.25) is 0 Å². The number of hydrogen-bond donors (Lipinski definition) is 0. The first-order valence-corrected chi connectivity index (χ1v) is 7.36. The third kappa shape index (κ3) is 2.90. The number of carbonyl (C=O) groups excluding carboxylic acids is 1. The molecule has 3 rings (SSSR count). The average molecular weight is 276 g/mol. The molecule has 3 heterocycles. The van der Waals surface area contributed by atoms with E-state index in [2.05, 4.69) is 19.7 Å². The molecule has 1 aliphatic heterocycles. The van der Waals surface area contributed by atoms with E-state index < -0.39 is 0 Å². The van der Waals surface area contributed by atoms with E-state index in [-0.39, 0.29) is 5.78 Å². The van der Waals surface area contributed by atoms with Crippen LogP contribution >= 0.6 is 11.3 Å². The maximum absolute atomic E-state index is 11.9. The zero-order chi connectivity index (χ0) is 13.1. The summed E-state index contributed by atoms with van der Waals surface area (Å²) in [5, 5.41) is 9.96. The first-order valence-electron chi connectivity index (χ1n) is 6.48. The highest BCUT2D eigenvalue weighted by molar-refractivity contribution is 7.12. The van der Waals surface area contributed by atoms with E-state index in [1.807, 2.05) is 17.5 Å². The Labute approximate surface area is 115 Å². The molecule has 0 unspecified atom stereocenters. The number of Topliss-reactive ketones (excluding diaryl/α,β-unsaturated/α-hetero) is 1. The molecular weight excluding hydrogens is 260 g/mol. The summed E-state index contributed by atoms with van der Waals surface area (Å²) in [5.74, 6) is 1.28. The van der Waals surface area contributed by atoms with Gasteiger partial charge in [0.25, 0.3) is 0 Å². The summed E-state index contributed by atoms with van der Waals surface area (Å²) < 4.78 is 2.09. The molecule has 0 bridgehead atoms. The summed E-state index contributed by atoms with van der Waals surface area (Å²) in [5.41, 5.74) is 0. The lowest BCUT2D eigenvalue weighted by atomic mass is 10.2. The zero-order valence-corrected chi connectivity index (χ0v) is 11.5. The molecule has 1 aliphatic rings. The van der Waals surface area contributed by atoms with Gasteiger partial charge < -0.3 is 4.57 Å². The molecule has 5 nitrogen and oxygen atoms in total. The number of hydrogen-bond acceptors (Lipinski definition) is 5. The van der Waals surface area contributed by atoms with Crippen molar-refractivity contribution in [3.05, 3.63) is 34.5 Å². The number of thiophene rings is 1. The van der Waals surface area contributed by atoms with Crippen LogP contribution in [-0.2, 0) is 13.1 Å². The first-order chi connectivity index (χ1) is 9.33. The molecule has 0 saturated carbocycles. The van der Waals surface area contributed by atoms with Crippen molar-refractivity contribution in [2.75, 3.05) is 13.1 Å². The minimum Gasteiger partial charge on any atom is -0.315 e. The van der Waals surface area contributed by atoms with Gasteiger partial charge in [0.2, 0.25) is 0 Å². The Morgan fingerprint density at radius 1 is 1.42 bits per heavy atom. The van der Waals surface area contributed by atoms with E-state index in [0.29, 0.717) is 6.42 Å². The average Bonchev–Trinajstić information content (AvgIpc) is 3.09. The Morgan fingerprint density at radius 3 is 3.21 bits per heavy atom. The van der Waals surface area contributed by atoms with Gasteiger partial charge in [-0.25, -0.2) is 0 Å². The molecule has 0 saturated heterocycles. The van der Waals surface area contributed by atoms with Crippen LogP contribution in [0.1, 0.15) is 28.3 Å². The summed E-state index contributed by atoms with van der Waals surface area (Å²) in [4.78, 5) is 15.1. The Hall–Kier alpha value is -1.53. The molecule has 0 atom stereocenters. The second-order valence-corrected chi connectivity index (χ2v) is 5.67. The van der Waals surface area contributed by atoms with Crippen LogP contribution in [0.25, 0.3) is 0 Å².